The van der Waals surface area contributed by atoms with Crippen LogP contribution in [0.15, 0.2) is 24.3 Å². The van der Waals surface area contributed by atoms with Crippen molar-refractivity contribution >= 4 is 11.6 Å². The molecule has 3 N–H and O–H groups in total. The molecule has 2 heterocycles. The summed E-state index contributed by atoms with van der Waals surface area (Å²) in [6.07, 6.45) is 5.18. The number of primary amides is 1. The average Bonchev–Trinajstić information content (AvgIpc) is 3.14. The van der Waals surface area contributed by atoms with Crippen LogP contribution < -0.4 is 16.0 Å². The third kappa shape index (κ3) is 3.96. The highest BCUT2D eigenvalue weighted by molar-refractivity contribution is 5.98. The number of benzene rings is 1. The first-order chi connectivity index (χ1) is 9.29. The van der Waals surface area contributed by atoms with Crippen LogP contribution in [-0.4, -0.2) is 32.1 Å². The molecule has 1 aromatic rings. The van der Waals surface area contributed by atoms with Gasteiger partial charge in [0.25, 0.3) is 5.91 Å². The summed E-state index contributed by atoms with van der Waals surface area (Å²) < 4.78 is 0. The zero-order valence-corrected chi connectivity index (χ0v) is 11.4. The Kier molecular flexibility index (Phi) is 5.21. The van der Waals surface area contributed by atoms with E-state index in [-0.39, 0.29) is 5.91 Å². The van der Waals surface area contributed by atoms with Crippen molar-refractivity contribution in [3.8, 4) is 0 Å². The van der Waals surface area contributed by atoms with Gasteiger partial charge in [-0.2, -0.15) is 0 Å². The standard InChI is InChI=1S/C11H14N2O.C4H9N/c12-11(14)9-5-1-2-6-10(9)13-7-3-4-8-13;1-2-4-5-3-1/h1-2,5-6H,3-4,7-8H2,(H2,12,14);5H,1-4H2. The molecule has 3 rings (SSSR count). The molecule has 1 amide bonds. The minimum atomic E-state index is -0.340. The van der Waals surface area contributed by atoms with E-state index in [0.29, 0.717) is 5.56 Å². The molecule has 104 valence electrons. The molecule has 0 bridgehead atoms. The summed E-state index contributed by atoms with van der Waals surface area (Å²) in [5.74, 6) is -0.340. The summed E-state index contributed by atoms with van der Waals surface area (Å²) in [5, 5.41) is 3.22. The highest BCUT2D eigenvalue weighted by Gasteiger charge is 2.17. The SMILES string of the molecule is C1CCNC1.NC(=O)c1ccccc1N1CCCC1. The molecule has 0 aliphatic carbocycles. The predicted octanol–water partition coefficient (Wildman–Crippen LogP) is 1.76. The molecule has 19 heavy (non-hydrogen) atoms. The van der Waals surface area contributed by atoms with Crippen molar-refractivity contribution in [3.05, 3.63) is 29.8 Å². The summed E-state index contributed by atoms with van der Waals surface area (Å²) in [5.41, 5.74) is 6.93. The molecule has 1 aromatic carbocycles. The van der Waals surface area contributed by atoms with Gasteiger partial charge in [-0.15, -0.1) is 0 Å². The van der Waals surface area contributed by atoms with Crippen LogP contribution in [0.25, 0.3) is 0 Å². The lowest BCUT2D eigenvalue weighted by Crippen LogP contribution is -2.22. The van der Waals surface area contributed by atoms with Gasteiger partial charge in [0.05, 0.1) is 5.56 Å². The zero-order valence-electron chi connectivity index (χ0n) is 11.4. The number of nitrogens with two attached hydrogens (primary N) is 1. The number of para-hydroxylation sites is 1. The Labute approximate surface area is 115 Å². The molecule has 2 aliphatic rings. The number of carbonyl (C=O) groups excluding carboxylic acids is 1. The number of nitrogens with zero attached hydrogens (tertiary/aromatic N) is 1. The summed E-state index contributed by atoms with van der Waals surface area (Å²) in [7, 11) is 0. The van der Waals surface area contributed by atoms with Crippen molar-refractivity contribution in [3.63, 3.8) is 0 Å². The topological polar surface area (TPSA) is 58.4 Å². The summed E-state index contributed by atoms with van der Waals surface area (Å²) >= 11 is 0. The largest absolute Gasteiger partial charge is 0.371 e. The van der Waals surface area contributed by atoms with Gasteiger partial charge in [0.1, 0.15) is 0 Å². The Morgan fingerprint density at radius 2 is 1.68 bits per heavy atom. The van der Waals surface area contributed by atoms with Gasteiger partial charge in [0.2, 0.25) is 0 Å². The Hall–Kier alpha value is -1.55. The van der Waals surface area contributed by atoms with Crippen LogP contribution in [0.2, 0.25) is 0 Å². The Morgan fingerprint density at radius 3 is 2.21 bits per heavy atom. The Balaban J connectivity index is 0.000000224. The fourth-order valence-corrected chi connectivity index (χ4v) is 2.54. The lowest BCUT2D eigenvalue weighted by molar-refractivity contribution is 0.100. The van der Waals surface area contributed by atoms with Crippen molar-refractivity contribution in [2.75, 3.05) is 31.1 Å². The molecule has 0 unspecified atom stereocenters. The predicted molar refractivity (Wildman–Crippen MR) is 78.5 cm³/mol. The van der Waals surface area contributed by atoms with Gasteiger partial charge in [-0.1, -0.05) is 12.1 Å². The molecule has 0 saturated carbocycles. The van der Waals surface area contributed by atoms with Crippen LogP contribution in [0.1, 0.15) is 36.0 Å². The van der Waals surface area contributed by atoms with Gasteiger partial charge in [-0.25, -0.2) is 0 Å². The fraction of sp³-hybridized carbons (Fsp3) is 0.533. The van der Waals surface area contributed by atoms with E-state index in [4.69, 9.17) is 5.73 Å². The Morgan fingerprint density at radius 1 is 1.05 bits per heavy atom. The van der Waals surface area contributed by atoms with E-state index in [1.165, 1.54) is 38.8 Å². The smallest absolute Gasteiger partial charge is 0.250 e. The first-order valence-electron chi connectivity index (χ1n) is 7.13. The summed E-state index contributed by atoms with van der Waals surface area (Å²) in [4.78, 5) is 13.4. The molecule has 4 heteroatoms. The first-order valence-corrected chi connectivity index (χ1v) is 7.13. The van der Waals surface area contributed by atoms with Crippen molar-refractivity contribution in [1.82, 2.24) is 5.32 Å². The number of carbonyl (C=O) groups is 1. The molecule has 2 saturated heterocycles. The number of anilines is 1. The van der Waals surface area contributed by atoms with E-state index in [1.54, 1.807) is 6.07 Å². The summed E-state index contributed by atoms with van der Waals surface area (Å²) in [6, 6.07) is 7.54. The maximum atomic E-state index is 11.2. The third-order valence-electron chi connectivity index (χ3n) is 3.57. The molecule has 0 radical (unpaired) electrons. The number of hydrogen-bond donors (Lipinski definition) is 2. The van der Waals surface area contributed by atoms with Crippen molar-refractivity contribution in [2.24, 2.45) is 5.73 Å². The van der Waals surface area contributed by atoms with Crippen LogP contribution >= 0.6 is 0 Å². The molecular formula is C15H23N3O. The second-order valence-corrected chi connectivity index (χ2v) is 5.03. The maximum Gasteiger partial charge on any atom is 0.250 e. The van der Waals surface area contributed by atoms with Crippen molar-refractivity contribution in [1.29, 1.82) is 0 Å². The zero-order chi connectivity index (χ0) is 13.5. The highest BCUT2D eigenvalue weighted by Crippen LogP contribution is 2.23. The van der Waals surface area contributed by atoms with Gasteiger partial charge < -0.3 is 16.0 Å². The first kappa shape index (κ1) is 13.9. The van der Waals surface area contributed by atoms with Gasteiger partial charge in [-0.3, -0.25) is 4.79 Å². The normalized spacial score (nSPS) is 18.0. The van der Waals surface area contributed by atoms with Crippen LogP contribution in [0, 0.1) is 0 Å². The molecule has 2 fully saturated rings. The minimum absolute atomic E-state index is 0.340. The maximum absolute atomic E-state index is 11.2. The van der Waals surface area contributed by atoms with Crippen molar-refractivity contribution in [2.45, 2.75) is 25.7 Å². The number of nitrogens with one attached hydrogen (secondary N) is 1. The van der Waals surface area contributed by atoms with E-state index in [1.807, 2.05) is 18.2 Å². The van der Waals surface area contributed by atoms with E-state index < -0.39 is 0 Å². The summed E-state index contributed by atoms with van der Waals surface area (Å²) in [6.45, 7) is 4.56. The fourth-order valence-electron chi connectivity index (χ4n) is 2.54. The van der Waals surface area contributed by atoms with E-state index in [0.717, 1.165) is 18.8 Å². The molecule has 0 aromatic heterocycles. The lowest BCUT2D eigenvalue weighted by atomic mass is 10.1. The van der Waals surface area contributed by atoms with E-state index >= 15 is 0 Å². The van der Waals surface area contributed by atoms with Gasteiger partial charge in [0, 0.05) is 18.8 Å². The quantitative estimate of drug-likeness (QED) is 0.853. The molecular weight excluding hydrogens is 238 g/mol. The van der Waals surface area contributed by atoms with Gasteiger partial charge in [0.15, 0.2) is 0 Å². The number of hydrogen-bond acceptors (Lipinski definition) is 3. The van der Waals surface area contributed by atoms with Crippen molar-refractivity contribution < 1.29 is 4.79 Å². The van der Waals surface area contributed by atoms with E-state index in [9.17, 15) is 4.79 Å². The molecule has 0 spiro atoms. The lowest BCUT2D eigenvalue weighted by Gasteiger charge is -2.19. The Bertz CT molecular complexity index is 402. The molecule has 2 aliphatic heterocycles. The van der Waals surface area contributed by atoms with Crippen LogP contribution in [-0.2, 0) is 0 Å². The van der Waals surface area contributed by atoms with Gasteiger partial charge in [-0.05, 0) is 50.9 Å². The minimum Gasteiger partial charge on any atom is -0.371 e. The second-order valence-electron chi connectivity index (χ2n) is 5.03. The van der Waals surface area contributed by atoms with Gasteiger partial charge >= 0.3 is 0 Å². The van der Waals surface area contributed by atoms with Crippen LogP contribution in [0.4, 0.5) is 5.69 Å². The highest BCUT2D eigenvalue weighted by atomic mass is 16.1. The number of rotatable bonds is 2. The van der Waals surface area contributed by atoms with Crippen LogP contribution in [0.5, 0.6) is 0 Å². The molecule has 0 atom stereocenters. The van der Waals surface area contributed by atoms with Crippen LogP contribution in [0.3, 0.4) is 0 Å². The average molecular weight is 261 g/mol. The third-order valence-corrected chi connectivity index (χ3v) is 3.57. The molecule has 4 nitrogen and oxygen atoms in total. The van der Waals surface area contributed by atoms with E-state index in [2.05, 4.69) is 10.2 Å². The second kappa shape index (κ2) is 7.14. The number of amides is 1. The monoisotopic (exact) mass is 261 g/mol.